The van der Waals surface area contributed by atoms with E-state index in [4.69, 9.17) is 0 Å². The fourth-order valence-corrected chi connectivity index (χ4v) is 7.71. The van der Waals surface area contributed by atoms with Crippen LogP contribution in [0.25, 0.3) is 0 Å². The first-order valence-electron chi connectivity index (χ1n) is 9.73. The van der Waals surface area contributed by atoms with E-state index in [1.54, 1.807) is 0 Å². The van der Waals surface area contributed by atoms with Crippen molar-refractivity contribution in [3.8, 4) is 0 Å². The third-order valence-corrected chi connectivity index (χ3v) is 8.70. The third-order valence-electron chi connectivity index (χ3n) is 8.70. The van der Waals surface area contributed by atoms with E-state index in [0.717, 1.165) is 42.6 Å². The minimum absolute atomic E-state index is 0.0273. The first-order chi connectivity index (χ1) is 10.3. The Hall–Kier alpha value is -0.0800. The van der Waals surface area contributed by atoms with Crippen LogP contribution in [0.4, 0.5) is 0 Å². The van der Waals surface area contributed by atoms with Crippen LogP contribution in [0, 0.1) is 34.5 Å². The van der Waals surface area contributed by atoms with Crippen LogP contribution in [0.5, 0.6) is 0 Å². The monoisotopic (exact) mass is 305 g/mol. The van der Waals surface area contributed by atoms with Crippen molar-refractivity contribution in [3.05, 3.63) is 0 Å². The molecule has 0 aromatic carbocycles. The fourth-order valence-electron chi connectivity index (χ4n) is 7.71. The second kappa shape index (κ2) is 4.96. The SMILES string of the molecule is C[C@H]1CC2N(C)CCC[C@]2(C)C2CC[C@]3(C)C[C@@H](O)CC3C21. The molecule has 4 aliphatic rings. The molecule has 8 atom stereocenters. The van der Waals surface area contributed by atoms with Gasteiger partial charge in [-0.15, -0.1) is 0 Å². The topological polar surface area (TPSA) is 23.5 Å². The lowest BCUT2D eigenvalue weighted by Crippen LogP contribution is -2.61. The van der Waals surface area contributed by atoms with E-state index in [2.05, 4.69) is 32.7 Å². The van der Waals surface area contributed by atoms with E-state index in [1.165, 1.54) is 38.6 Å². The van der Waals surface area contributed by atoms with Gasteiger partial charge < -0.3 is 10.0 Å². The van der Waals surface area contributed by atoms with Crippen LogP contribution in [0.2, 0.25) is 0 Å². The van der Waals surface area contributed by atoms with Gasteiger partial charge in [-0.3, -0.25) is 0 Å². The molecular formula is C20H35NO. The number of fused-ring (bicyclic) bond motifs is 5. The van der Waals surface area contributed by atoms with Gasteiger partial charge >= 0.3 is 0 Å². The van der Waals surface area contributed by atoms with Crippen molar-refractivity contribution in [1.82, 2.24) is 4.90 Å². The highest BCUT2D eigenvalue weighted by Crippen LogP contribution is 2.65. The van der Waals surface area contributed by atoms with Crippen LogP contribution >= 0.6 is 0 Å². The van der Waals surface area contributed by atoms with Crippen LogP contribution in [0.15, 0.2) is 0 Å². The van der Waals surface area contributed by atoms with Crippen molar-refractivity contribution in [2.45, 2.75) is 77.9 Å². The third kappa shape index (κ3) is 1.99. The van der Waals surface area contributed by atoms with Crippen LogP contribution in [-0.2, 0) is 0 Å². The Balaban J connectivity index is 1.69. The Bertz CT molecular complexity index is 451. The number of aliphatic hydroxyl groups is 1. The molecule has 0 amide bonds. The number of hydrogen-bond acceptors (Lipinski definition) is 2. The van der Waals surface area contributed by atoms with Gasteiger partial charge in [0.05, 0.1) is 6.10 Å². The molecular weight excluding hydrogens is 270 g/mol. The molecule has 1 aliphatic heterocycles. The number of aliphatic hydroxyl groups excluding tert-OH is 1. The van der Waals surface area contributed by atoms with Crippen molar-refractivity contribution in [2.24, 2.45) is 34.5 Å². The molecule has 2 heteroatoms. The quantitative estimate of drug-likeness (QED) is 0.733. The lowest BCUT2D eigenvalue weighted by Gasteiger charge is -2.63. The van der Waals surface area contributed by atoms with Crippen molar-refractivity contribution in [2.75, 3.05) is 13.6 Å². The number of piperidine rings is 1. The number of likely N-dealkylation sites (tertiary alicyclic amines) is 1. The van der Waals surface area contributed by atoms with E-state index in [-0.39, 0.29) is 6.10 Å². The van der Waals surface area contributed by atoms with E-state index in [9.17, 15) is 5.11 Å². The molecule has 4 rings (SSSR count). The van der Waals surface area contributed by atoms with Crippen LogP contribution < -0.4 is 0 Å². The molecule has 0 bridgehead atoms. The van der Waals surface area contributed by atoms with Crippen LogP contribution in [0.1, 0.15) is 65.7 Å². The van der Waals surface area contributed by atoms with Crippen LogP contribution in [0.3, 0.4) is 0 Å². The fraction of sp³-hybridized carbons (Fsp3) is 1.00. The minimum Gasteiger partial charge on any atom is -0.393 e. The summed E-state index contributed by atoms with van der Waals surface area (Å²) in [6.45, 7) is 8.92. The summed E-state index contributed by atoms with van der Waals surface area (Å²) in [5, 5.41) is 10.3. The standard InChI is InChI=1S/C20H35NO/c1-13-10-17-20(3,7-5-9-21(17)4)15-6-8-19(2)12-14(22)11-16(19)18(13)15/h13-18,22H,5-12H2,1-4H3/t13-,14-,15?,16?,17?,18?,19+,20+/m0/s1. The summed E-state index contributed by atoms with van der Waals surface area (Å²) in [6.07, 6.45) is 9.08. The van der Waals surface area contributed by atoms with Gasteiger partial charge in [-0.2, -0.15) is 0 Å². The largest absolute Gasteiger partial charge is 0.393 e. The molecule has 1 saturated heterocycles. The molecule has 22 heavy (non-hydrogen) atoms. The Labute approximate surface area is 136 Å². The van der Waals surface area contributed by atoms with Crippen LogP contribution in [-0.4, -0.2) is 35.7 Å². The number of hydrogen-bond donors (Lipinski definition) is 1. The average Bonchev–Trinajstić information content (AvgIpc) is 2.75. The number of nitrogens with zero attached hydrogens (tertiary/aromatic N) is 1. The maximum atomic E-state index is 10.3. The Morgan fingerprint density at radius 2 is 1.86 bits per heavy atom. The zero-order valence-corrected chi connectivity index (χ0v) is 15.0. The lowest BCUT2D eigenvalue weighted by atomic mass is 9.45. The Morgan fingerprint density at radius 3 is 2.64 bits per heavy atom. The van der Waals surface area contributed by atoms with Gasteiger partial charge in [0.15, 0.2) is 0 Å². The summed E-state index contributed by atoms with van der Waals surface area (Å²) >= 11 is 0. The summed E-state index contributed by atoms with van der Waals surface area (Å²) in [4.78, 5) is 2.67. The van der Waals surface area contributed by atoms with Gasteiger partial charge in [0.2, 0.25) is 0 Å². The second-order valence-corrected chi connectivity index (χ2v) is 9.90. The molecule has 3 aliphatic carbocycles. The molecule has 0 aromatic rings. The summed E-state index contributed by atoms with van der Waals surface area (Å²) < 4.78 is 0. The van der Waals surface area contributed by atoms with Gasteiger partial charge in [-0.25, -0.2) is 0 Å². The zero-order chi connectivity index (χ0) is 15.7. The summed E-state index contributed by atoms with van der Waals surface area (Å²) in [5.41, 5.74) is 0.956. The predicted molar refractivity (Wildman–Crippen MR) is 90.6 cm³/mol. The molecule has 4 unspecified atom stereocenters. The molecule has 3 saturated carbocycles. The second-order valence-electron chi connectivity index (χ2n) is 9.90. The van der Waals surface area contributed by atoms with E-state index >= 15 is 0 Å². The normalized spacial score (nSPS) is 58.8. The molecule has 0 aromatic heterocycles. The average molecular weight is 306 g/mol. The smallest absolute Gasteiger partial charge is 0.0548 e. The van der Waals surface area contributed by atoms with Gasteiger partial charge in [-0.05, 0) is 93.0 Å². The summed E-state index contributed by atoms with van der Waals surface area (Å²) in [7, 11) is 2.36. The molecule has 126 valence electrons. The van der Waals surface area contributed by atoms with Gasteiger partial charge in [0.25, 0.3) is 0 Å². The first kappa shape index (κ1) is 15.4. The van der Waals surface area contributed by atoms with Gasteiger partial charge in [0.1, 0.15) is 0 Å². The van der Waals surface area contributed by atoms with Gasteiger partial charge in [-0.1, -0.05) is 20.8 Å². The summed E-state index contributed by atoms with van der Waals surface area (Å²) in [5.74, 6) is 3.37. The van der Waals surface area contributed by atoms with Crippen molar-refractivity contribution >= 4 is 0 Å². The maximum absolute atomic E-state index is 10.3. The Morgan fingerprint density at radius 1 is 1.09 bits per heavy atom. The maximum Gasteiger partial charge on any atom is 0.0548 e. The molecule has 0 spiro atoms. The predicted octanol–water partition coefficient (Wildman–Crippen LogP) is 3.93. The highest BCUT2D eigenvalue weighted by Gasteiger charge is 2.61. The van der Waals surface area contributed by atoms with Crippen molar-refractivity contribution in [1.29, 1.82) is 0 Å². The lowest BCUT2D eigenvalue weighted by molar-refractivity contribution is -0.138. The molecule has 0 radical (unpaired) electrons. The summed E-state index contributed by atoms with van der Waals surface area (Å²) in [6, 6.07) is 0.799. The van der Waals surface area contributed by atoms with Crippen molar-refractivity contribution < 1.29 is 5.11 Å². The molecule has 1 heterocycles. The van der Waals surface area contributed by atoms with E-state index in [1.807, 2.05) is 0 Å². The highest BCUT2D eigenvalue weighted by atomic mass is 16.3. The first-order valence-corrected chi connectivity index (χ1v) is 9.73. The molecule has 1 N–H and O–H groups in total. The minimum atomic E-state index is -0.0273. The van der Waals surface area contributed by atoms with E-state index < -0.39 is 0 Å². The number of rotatable bonds is 0. The molecule has 2 nitrogen and oxygen atoms in total. The van der Waals surface area contributed by atoms with Gasteiger partial charge in [0, 0.05) is 6.04 Å². The van der Waals surface area contributed by atoms with Crippen molar-refractivity contribution in [3.63, 3.8) is 0 Å². The Kier molecular flexibility index (Phi) is 3.48. The van der Waals surface area contributed by atoms with E-state index in [0.29, 0.717) is 10.8 Å². The zero-order valence-electron chi connectivity index (χ0n) is 15.0. The molecule has 4 fully saturated rings. The highest BCUT2D eigenvalue weighted by molar-refractivity contribution is 5.11.